The van der Waals surface area contributed by atoms with E-state index in [1.807, 2.05) is 36.4 Å². The van der Waals surface area contributed by atoms with E-state index in [0.717, 1.165) is 16.7 Å². The zero-order valence-electron chi connectivity index (χ0n) is 27.8. The van der Waals surface area contributed by atoms with Crippen molar-refractivity contribution >= 4 is 5.57 Å². The van der Waals surface area contributed by atoms with Crippen LogP contribution in [0.15, 0.2) is 145 Å². The number of nitrogens with zero attached hydrogens (tertiary/aromatic N) is 3. The molecule has 6 aromatic rings. The fourth-order valence-electron chi connectivity index (χ4n) is 8.61. The molecule has 0 saturated heterocycles. The second-order valence-corrected chi connectivity index (χ2v) is 14.5. The highest BCUT2D eigenvalue weighted by atomic mass is 15.0. The maximum atomic E-state index is 5.02. The number of allylic oxidation sites excluding steroid dienone is 4. The van der Waals surface area contributed by atoms with Gasteiger partial charge in [-0.25, -0.2) is 15.0 Å². The molecule has 2 unspecified atom stereocenters. The Morgan fingerprint density at radius 1 is 0.500 bits per heavy atom. The third kappa shape index (κ3) is 4.30. The Balaban J connectivity index is 1.18. The SMILES string of the molecule is CC1(C)C2=CC3C(C=C2c2cccc(-c4cccc(-c5nc(-c6ccccc6)nc(-c6ccccc6)n5)c4)c21)c1ccccc1C3(C)C. The predicted molar refractivity (Wildman–Crippen MR) is 196 cm³/mol. The second-order valence-electron chi connectivity index (χ2n) is 14.5. The summed E-state index contributed by atoms with van der Waals surface area (Å²) < 4.78 is 0. The summed E-state index contributed by atoms with van der Waals surface area (Å²) in [6.07, 6.45) is 5.21. The largest absolute Gasteiger partial charge is 0.208 e. The first-order chi connectivity index (χ1) is 23.3. The molecule has 1 aromatic heterocycles. The minimum absolute atomic E-state index is 0.0834. The molecule has 0 aliphatic heterocycles. The zero-order chi connectivity index (χ0) is 32.6. The lowest BCUT2D eigenvalue weighted by Crippen LogP contribution is -2.28. The van der Waals surface area contributed by atoms with E-state index < -0.39 is 0 Å². The highest BCUT2D eigenvalue weighted by Crippen LogP contribution is 2.61. The number of benzene rings is 5. The fourth-order valence-corrected chi connectivity index (χ4v) is 8.61. The molecule has 0 radical (unpaired) electrons. The summed E-state index contributed by atoms with van der Waals surface area (Å²) in [6.45, 7) is 9.66. The second kappa shape index (κ2) is 10.6. The molecular weight excluding hydrogens is 583 g/mol. The molecule has 9 rings (SSSR count). The van der Waals surface area contributed by atoms with Crippen LogP contribution in [0.5, 0.6) is 0 Å². The summed E-state index contributed by atoms with van der Waals surface area (Å²) in [5.41, 5.74) is 13.9. The van der Waals surface area contributed by atoms with E-state index in [-0.39, 0.29) is 10.8 Å². The van der Waals surface area contributed by atoms with E-state index in [2.05, 4.69) is 131 Å². The Kier molecular flexibility index (Phi) is 6.33. The summed E-state index contributed by atoms with van der Waals surface area (Å²) in [6, 6.07) is 45.0. The normalized spacial score (nSPS) is 19.4. The molecule has 0 spiro atoms. The molecule has 3 aliphatic carbocycles. The van der Waals surface area contributed by atoms with E-state index in [1.54, 1.807) is 0 Å². The molecule has 0 saturated carbocycles. The maximum Gasteiger partial charge on any atom is 0.164 e. The molecule has 0 fully saturated rings. The first-order valence-electron chi connectivity index (χ1n) is 17.0. The highest BCUT2D eigenvalue weighted by molar-refractivity contribution is 5.95. The minimum atomic E-state index is -0.141. The van der Waals surface area contributed by atoms with Crippen molar-refractivity contribution in [3.63, 3.8) is 0 Å². The van der Waals surface area contributed by atoms with Gasteiger partial charge in [-0.3, -0.25) is 0 Å². The van der Waals surface area contributed by atoms with Crippen molar-refractivity contribution in [1.82, 2.24) is 15.0 Å². The number of hydrogen-bond acceptors (Lipinski definition) is 3. The van der Waals surface area contributed by atoms with Crippen molar-refractivity contribution < 1.29 is 0 Å². The molecule has 3 nitrogen and oxygen atoms in total. The van der Waals surface area contributed by atoms with Crippen LogP contribution in [0.25, 0.3) is 50.9 Å². The molecule has 1 heterocycles. The predicted octanol–water partition coefficient (Wildman–Crippen LogP) is 10.8. The third-order valence-electron chi connectivity index (χ3n) is 11.0. The average molecular weight is 620 g/mol. The fraction of sp³-hybridized carbons (Fsp3) is 0.178. The van der Waals surface area contributed by atoms with E-state index >= 15 is 0 Å². The quantitative estimate of drug-likeness (QED) is 0.197. The Morgan fingerprint density at radius 2 is 1.04 bits per heavy atom. The number of fused-ring (bicyclic) bond motifs is 6. The van der Waals surface area contributed by atoms with Crippen molar-refractivity contribution in [2.45, 2.75) is 44.4 Å². The van der Waals surface area contributed by atoms with Gasteiger partial charge < -0.3 is 0 Å². The number of rotatable bonds is 4. The van der Waals surface area contributed by atoms with Gasteiger partial charge in [-0.2, -0.15) is 0 Å². The van der Waals surface area contributed by atoms with Crippen molar-refractivity contribution in [1.29, 1.82) is 0 Å². The van der Waals surface area contributed by atoms with Gasteiger partial charge in [-0.15, -0.1) is 0 Å². The van der Waals surface area contributed by atoms with Crippen LogP contribution in [0.2, 0.25) is 0 Å². The summed E-state index contributed by atoms with van der Waals surface area (Å²) in [4.78, 5) is 14.9. The summed E-state index contributed by atoms with van der Waals surface area (Å²) in [7, 11) is 0. The van der Waals surface area contributed by atoms with E-state index in [0.29, 0.717) is 29.3 Å². The molecule has 0 N–H and O–H groups in total. The van der Waals surface area contributed by atoms with Gasteiger partial charge in [0.2, 0.25) is 0 Å². The molecule has 232 valence electrons. The standard InChI is InChI=1S/C45H37N3/c1-44(2)37-24-12-11-21-33(37)35-26-36-34-23-14-22-32(40(34)45(3,4)39(36)27-38(35)44)30-19-13-20-31(25-30)43-47-41(28-15-7-5-8-16-28)46-42(48-43)29-17-9-6-10-18-29/h5-27,35,38H,1-4H3. The van der Waals surface area contributed by atoms with Crippen LogP contribution in [0.3, 0.4) is 0 Å². The topological polar surface area (TPSA) is 38.7 Å². The lowest BCUT2D eigenvalue weighted by molar-refractivity contribution is 0.390. The Morgan fingerprint density at radius 3 is 1.73 bits per heavy atom. The average Bonchev–Trinajstić information content (AvgIpc) is 3.50. The van der Waals surface area contributed by atoms with E-state index in [9.17, 15) is 0 Å². The van der Waals surface area contributed by atoms with E-state index in [1.165, 1.54) is 44.5 Å². The van der Waals surface area contributed by atoms with Gasteiger partial charge in [-0.1, -0.05) is 161 Å². The Hall–Kier alpha value is -5.41. The van der Waals surface area contributed by atoms with Crippen molar-refractivity contribution in [3.05, 3.63) is 167 Å². The van der Waals surface area contributed by atoms with Gasteiger partial charge >= 0.3 is 0 Å². The number of aromatic nitrogens is 3. The molecule has 3 aliphatic rings. The third-order valence-corrected chi connectivity index (χ3v) is 11.0. The van der Waals surface area contributed by atoms with Crippen LogP contribution >= 0.6 is 0 Å². The summed E-state index contributed by atoms with van der Waals surface area (Å²) in [5.74, 6) is 2.85. The molecule has 5 aromatic carbocycles. The van der Waals surface area contributed by atoms with Crippen molar-refractivity contribution in [2.24, 2.45) is 5.92 Å². The van der Waals surface area contributed by atoms with Gasteiger partial charge in [0.15, 0.2) is 17.5 Å². The molecule has 48 heavy (non-hydrogen) atoms. The molecule has 0 bridgehead atoms. The van der Waals surface area contributed by atoms with Crippen LogP contribution in [-0.2, 0) is 10.8 Å². The first-order valence-corrected chi connectivity index (χ1v) is 17.0. The van der Waals surface area contributed by atoms with Gasteiger partial charge in [0.1, 0.15) is 0 Å². The maximum absolute atomic E-state index is 5.02. The van der Waals surface area contributed by atoms with Crippen LogP contribution in [0.4, 0.5) is 0 Å². The minimum Gasteiger partial charge on any atom is -0.208 e. The zero-order valence-corrected chi connectivity index (χ0v) is 27.8. The van der Waals surface area contributed by atoms with Gasteiger partial charge in [0.25, 0.3) is 0 Å². The molecule has 0 amide bonds. The number of hydrogen-bond donors (Lipinski definition) is 0. The smallest absolute Gasteiger partial charge is 0.164 e. The highest BCUT2D eigenvalue weighted by Gasteiger charge is 2.50. The first kappa shape index (κ1) is 28.8. The Labute approximate surface area is 282 Å². The van der Waals surface area contributed by atoms with Crippen molar-refractivity contribution in [2.75, 3.05) is 0 Å². The lowest BCUT2D eigenvalue weighted by Gasteiger charge is -2.34. The summed E-state index contributed by atoms with van der Waals surface area (Å²) in [5, 5.41) is 0. The van der Waals surface area contributed by atoms with Gasteiger partial charge in [0.05, 0.1) is 0 Å². The van der Waals surface area contributed by atoms with Crippen molar-refractivity contribution in [3.8, 4) is 45.3 Å². The monoisotopic (exact) mass is 619 g/mol. The van der Waals surface area contributed by atoms with Gasteiger partial charge in [0, 0.05) is 28.0 Å². The molecular formula is C45H37N3. The Bertz CT molecular complexity index is 2240. The molecule has 2 atom stereocenters. The van der Waals surface area contributed by atoms with Crippen LogP contribution < -0.4 is 0 Å². The van der Waals surface area contributed by atoms with Gasteiger partial charge in [-0.05, 0) is 61.9 Å². The van der Waals surface area contributed by atoms with Crippen LogP contribution in [-0.4, -0.2) is 15.0 Å². The molecule has 3 heteroatoms. The van der Waals surface area contributed by atoms with E-state index in [4.69, 9.17) is 15.0 Å². The van der Waals surface area contributed by atoms with Crippen LogP contribution in [0.1, 0.15) is 55.9 Å². The van der Waals surface area contributed by atoms with Crippen LogP contribution in [0, 0.1) is 5.92 Å². The lowest BCUT2D eigenvalue weighted by atomic mass is 9.69. The summed E-state index contributed by atoms with van der Waals surface area (Å²) >= 11 is 0.